The number of aliphatic carboxylic acids is 1. The molecule has 0 saturated heterocycles. The number of aromatic amines is 1. The van der Waals surface area contributed by atoms with Crippen LogP contribution in [0.4, 0.5) is 0 Å². The highest BCUT2D eigenvalue weighted by molar-refractivity contribution is 5.83. The van der Waals surface area contributed by atoms with Gasteiger partial charge in [-0.25, -0.2) is 9.78 Å². The first kappa shape index (κ1) is 17.5. The van der Waals surface area contributed by atoms with Gasteiger partial charge in [-0.15, -0.1) is 0 Å². The lowest BCUT2D eigenvalue weighted by molar-refractivity contribution is -0.141. The SMILES string of the molecule is CCc1ccc(OCCC(=O)NC(Cc2cnc[nH]2)C(=O)O)cc1. The lowest BCUT2D eigenvalue weighted by atomic mass is 10.1. The minimum Gasteiger partial charge on any atom is -0.493 e. The number of rotatable bonds is 9. The zero-order valence-corrected chi connectivity index (χ0v) is 13.5. The molecule has 1 aromatic heterocycles. The van der Waals surface area contributed by atoms with Crippen molar-refractivity contribution in [3.8, 4) is 5.75 Å². The zero-order chi connectivity index (χ0) is 17.4. The van der Waals surface area contributed by atoms with Gasteiger partial charge in [-0.05, 0) is 24.1 Å². The Hall–Kier alpha value is -2.83. The molecule has 128 valence electrons. The van der Waals surface area contributed by atoms with Crippen molar-refractivity contribution in [3.05, 3.63) is 48.0 Å². The van der Waals surface area contributed by atoms with Crippen molar-refractivity contribution >= 4 is 11.9 Å². The minimum absolute atomic E-state index is 0.0856. The maximum Gasteiger partial charge on any atom is 0.326 e. The number of carbonyl (C=O) groups excluding carboxylic acids is 1. The fourth-order valence-electron chi connectivity index (χ4n) is 2.17. The summed E-state index contributed by atoms with van der Waals surface area (Å²) in [6.45, 7) is 2.26. The number of carbonyl (C=O) groups is 2. The summed E-state index contributed by atoms with van der Waals surface area (Å²) in [7, 11) is 0. The monoisotopic (exact) mass is 331 g/mol. The Bertz CT molecular complexity index is 653. The fourth-order valence-corrected chi connectivity index (χ4v) is 2.17. The largest absolute Gasteiger partial charge is 0.493 e. The van der Waals surface area contributed by atoms with E-state index in [2.05, 4.69) is 22.2 Å². The molecule has 7 heteroatoms. The molecule has 0 spiro atoms. The third-order valence-electron chi connectivity index (χ3n) is 3.54. The van der Waals surface area contributed by atoms with Gasteiger partial charge in [-0.1, -0.05) is 19.1 Å². The number of hydrogen-bond acceptors (Lipinski definition) is 4. The summed E-state index contributed by atoms with van der Waals surface area (Å²) in [6.07, 6.45) is 4.19. The van der Waals surface area contributed by atoms with Gasteiger partial charge in [0.15, 0.2) is 0 Å². The zero-order valence-electron chi connectivity index (χ0n) is 13.5. The van der Waals surface area contributed by atoms with Crippen LogP contribution in [0.15, 0.2) is 36.8 Å². The molecule has 3 N–H and O–H groups in total. The van der Waals surface area contributed by atoms with Crippen molar-refractivity contribution < 1.29 is 19.4 Å². The topological polar surface area (TPSA) is 104 Å². The summed E-state index contributed by atoms with van der Waals surface area (Å²) < 4.78 is 5.50. The molecule has 2 aromatic rings. The summed E-state index contributed by atoms with van der Waals surface area (Å²) >= 11 is 0. The van der Waals surface area contributed by atoms with Crippen LogP contribution in [0.25, 0.3) is 0 Å². The second-order valence-corrected chi connectivity index (χ2v) is 5.34. The van der Waals surface area contributed by atoms with E-state index in [0.29, 0.717) is 11.4 Å². The molecule has 1 heterocycles. The van der Waals surface area contributed by atoms with Gasteiger partial charge in [-0.2, -0.15) is 0 Å². The van der Waals surface area contributed by atoms with Crippen molar-refractivity contribution in [2.75, 3.05) is 6.61 Å². The van der Waals surface area contributed by atoms with Gasteiger partial charge < -0.3 is 20.1 Å². The van der Waals surface area contributed by atoms with Crippen LogP contribution in [-0.4, -0.2) is 39.6 Å². The van der Waals surface area contributed by atoms with Crippen molar-refractivity contribution in [2.24, 2.45) is 0 Å². The number of H-pyrrole nitrogens is 1. The molecular formula is C17H21N3O4. The van der Waals surface area contributed by atoms with E-state index in [1.165, 1.54) is 18.1 Å². The number of carboxylic acids is 1. The molecule has 0 saturated carbocycles. The number of nitrogens with zero attached hydrogens (tertiary/aromatic N) is 1. The number of aryl methyl sites for hydroxylation is 1. The van der Waals surface area contributed by atoms with Crippen LogP contribution >= 0.6 is 0 Å². The first-order valence-corrected chi connectivity index (χ1v) is 7.79. The van der Waals surface area contributed by atoms with Gasteiger partial charge in [0.25, 0.3) is 0 Å². The summed E-state index contributed by atoms with van der Waals surface area (Å²) in [5.41, 5.74) is 1.86. The molecule has 1 aromatic carbocycles. The van der Waals surface area contributed by atoms with E-state index < -0.39 is 12.0 Å². The van der Waals surface area contributed by atoms with Crippen LogP contribution in [-0.2, 0) is 22.4 Å². The number of nitrogens with one attached hydrogen (secondary N) is 2. The third kappa shape index (κ3) is 5.42. The Morgan fingerprint density at radius 1 is 1.33 bits per heavy atom. The first-order valence-electron chi connectivity index (χ1n) is 7.79. The third-order valence-corrected chi connectivity index (χ3v) is 3.54. The smallest absolute Gasteiger partial charge is 0.326 e. The van der Waals surface area contributed by atoms with Gasteiger partial charge in [0, 0.05) is 18.3 Å². The maximum absolute atomic E-state index is 11.9. The van der Waals surface area contributed by atoms with Gasteiger partial charge in [0.2, 0.25) is 5.91 Å². The van der Waals surface area contributed by atoms with Crippen LogP contribution < -0.4 is 10.1 Å². The van der Waals surface area contributed by atoms with Crippen LogP contribution in [0.1, 0.15) is 24.6 Å². The summed E-state index contributed by atoms with van der Waals surface area (Å²) in [6, 6.07) is 6.66. The van der Waals surface area contributed by atoms with Crippen LogP contribution in [0.5, 0.6) is 5.75 Å². The lowest BCUT2D eigenvalue weighted by Gasteiger charge is -2.14. The van der Waals surface area contributed by atoms with E-state index in [1.807, 2.05) is 24.3 Å². The number of benzene rings is 1. The Morgan fingerprint density at radius 3 is 2.67 bits per heavy atom. The first-order chi connectivity index (χ1) is 11.6. The van der Waals surface area contributed by atoms with E-state index in [1.54, 1.807) is 0 Å². The quantitative estimate of drug-likeness (QED) is 0.647. The highest BCUT2D eigenvalue weighted by Gasteiger charge is 2.20. The fraction of sp³-hybridized carbons (Fsp3) is 0.353. The molecule has 24 heavy (non-hydrogen) atoms. The number of amides is 1. The molecule has 1 amide bonds. The number of hydrogen-bond donors (Lipinski definition) is 3. The van der Waals surface area contributed by atoms with Crippen LogP contribution in [0.3, 0.4) is 0 Å². The molecule has 0 fully saturated rings. The summed E-state index contributed by atoms with van der Waals surface area (Å²) in [4.78, 5) is 29.8. The second-order valence-electron chi connectivity index (χ2n) is 5.34. The molecule has 0 aliphatic carbocycles. The molecule has 1 unspecified atom stereocenters. The second kappa shape index (κ2) is 8.71. The molecule has 0 bridgehead atoms. The normalized spacial score (nSPS) is 11.7. The lowest BCUT2D eigenvalue weighted by Crippen LogP contribution is -2.42. The molecular weight excluding hydrogens is 310 g/mol. The Morgan fingerprint density at radius 2 is 2.08 bits per heavy atom. The van der Waals surface area contributed by atoms with Crippen LogP contribution in [0, 0.1) is 0 Å². The predicted octanol–water partition coefficient (Wildman–Crippen LogP) is 1.55. The molecule has 0 aliphatic rings. The van der Waals surface area contributed by atoms with Gasteiger partial charge in [0.05, 0.1) is 19.4 Å². The van der Waals surface area contributed by atoms with E-state index in [4.69, 9.17) is 4.74 Å². The molecule has 0 radical (unpaired) electrons. The standard InChI is InChI=1S/C17H21N3O4/c1-2-12-3-5-14(6-4-12)24-8-7-16(21)20-15(17(22)23)9-13-10-18-11-19-13/h3-6,10-11,15H,2,7-9H2,1H3,(H,18,19)(H,20,21)(H,22,23). The number of aromatic nitrogens is 2. The number of ether oxygens (including phenoxy) is 1. The summed E-state index contributed by atoms with van der Waals surface area (Å²) in [5.74, 6) is -0.770. The van der Waals surface area contributed by atoms with E-state index in [9.17, 15) is 14.7 Å². The van der Waals surface area contributed by atoms with E-state index in [-0.39, 0.29) is 25.4 Å². The van der Waals surface area contributed by atoms with Crippen LogP contribution in [0.2, 0.25) is 0 Å². The molecule has 7 nitrogen and oxygen atoms in total. The van der Waals surface area contributed by atoms with Crippen molar-refractivity contribution in [1.82, 2.24) is 15.3 Å². The predicted molar refractivity (Wildman–Crippen MR) is 87.8 cm³/mol. The minimum atomic E-state index is -1.09. The molecule has 1 atom stereocenters. The molecule has 0 aliphatic heterocycles. The average molecular weight is 331 g/mol. The van der Waals surface area contributed by atoms with Crippen molar-refractivity contribution in [1.29, 1.82) is 0 Å². The van der Waals surface area contributed by atoms with Crippen molar-refractivity contribution in [2.45, 2.75) is 32.2 Å². The van der Waals surface area contributed by atoms with Gasteiger partial charge in [0.1, 0.15) is 11.8 Å². The maximum atomic E-state index is 11.9. The Kier molecular flexibility index (Phi) is 6.36. The van der Waals surface area contributed by atoms with Gasteiger partial charge in [-0.3, -0.25) is 4.79 Å². The van der Waals surface area contributed by atoms with Gasteiger partial charge >= 0.3 is 5.97 Å². The average Bonchev–Trinajstić information content (AvgIpc) is 3.08. The Balaban J connectivity index is 1.77. The number of carboxylic acid groups (broad SMARTS) is 1. The highest BCUT2D eigenvalue weighted by Crippen LogP contribution is 2.12. The van der Waals surface area contributed by atoms with E-state index in [0.717, 1.165) is 6.42 Å². The van der Waals surface area contributed by atoms with Crippen molar-refractivity contribution in [3.63, 3.8) is 0 Å². The number of imidazole rings is 1. The summed E-state index contributed by atoms with van der Waals surface area (Å²) in [5, 5.41) is 11.7. The highest BCUT2D eigenvalue weighted by atomic mass is 16.5. The Labute approximate surface area is 140 Å². The molecule has 2 rings (SSSR count). The van der Waals surface area contributed by atoms with E-state index >= 15 is 0 Å².